The van der Waals surface area contributed by atoms with E-state index in [2.05, 4.69) is 35.2 Å². The highest BCUT2D eigenvalue weighted by atomic mass is 32.1. The van der Waals surface area contributed by atoms with Crippen molar-refractivity contribution < 1.29 is 9.53 Å². The molecule has 0 spiro atoms. The summed E-state index contributed by atoms with van der Waals surface area (Å²) in [6, 6.07) is 9.77. The van der Waals surface area contributed by atoms with E-state index in [0.29, 0.717) is 6.54 Å². The molecule has 2 heterocycles. The van der Waals surface area contributed by atoms with Crippen LogP contribution in [0.5, 0.6) is 5.75 Å². The number of H-pyrrole nitrogens is 1. The van der Waals surface area contributed by atoms with Crippen molar-refractivity contribution in [3.8, 4) is 5.75 Å². The molecule has 0 bridgehead atoms. The lowest BCUT2D eigenvalue weighted by Crippen LogP contribution is -2.37. The molecule has 0 aliphatic heterocycles. The summed E-state index contributed by atoms with van der Waals surface area (Å²) >= 11 is 1.65. The first-order valence-electron chi connectivity index (χ1n) is 8.31. The van der Waals surface area contributed by atoms with Gasteiger partial charge in [0.05, 0.1) is 30.1 Å². The maximum absolute atomic E-state index is 13.0. The van der Waals surface area contributed by atoms with Crippen LogP contribution in [0.1, 0.15) is 31.0 Å². The summed E-state index contributed by atoms with van der Waals surface area (Å²) in [7, 11) is 1.64. The van der Waals surface area contributed by atoms with Crippen LogP contribution in [0.2, 0.25) is 0 Å². The number of methoxy groups -OCH3 is 1. The summed E-state index contributed by atoms with van der Waals surface area (Å²) in [6.45, 7) is 4.69. The minimum atomic E-state index is -0.406. The molecule has 1 amide bonds. The van der Waals surface area contributed by atoms with E-state index in [4.69, 9.17) is 4.74 Å². The van der Waals surface area contributed by atoms with Crippen LogP contribution in [0.25, 0.3) is 11.0 Å². The van der Waals surface area contributed by atoms with Crippen molar-refractivity contribution in [3.63, 3.8) is 0 Å². The first-order valence-corrected chi connectivity index (χ1v) is 9.19. The third-order valence-corrected chi connectivity index (χ3v) is 6.25. The maximum atomic E-state index is 13.0. The molecule has 3 aromatic rings. The first-order chi connectivity index (χ1) is 12.0. The Hall–Kier alpha value is -2.34. The second kappa shape index (κ2) is 5.59. The molecule has 1 aliphatic rings. The summed E-state index contributed by atoms with van der Waals surface area (Å²) in [5, 5.41) is 5.11. The SMILES string of the molecule is COc1ccc2nc(CNC(=O)[C@@]3(c4cccs4)CC3(C)C)[nH]c2c1. The Labute approximate surface area is 150 Å². The number of imidazole rings is 1. The Morgan fingerprint density at radius 2 is 2.20 bits per heavy atom. The van der Waals surface area contributed by atoms with Gasteiger partial charge < -0.3 is 15.0 Å². The molecule has 1 atom stereocenters. The molecule has 1 aliphatic carbocycles. The minimum Gasteiger partial charge on any atom is -0.497 e. The summed E-state index contributed by atoms with van der Waals surface area (Å²) in [5.74, 6) is 1.61. The van der Waals surface area contributed by atoms with Crippen LogP contribution >= 0.6 is 11.3 Å². The van der Waals surface area contributed by atoms with Crippen molar-refractivity contribution in [1.29, 1.82) is 0 Å². The third-order valence-electron chi connectivity index (χ3n) is 5.22. The third kappa shape index (κ3) is 2.52. The number of benzene rings is 1. The smallest absolute Gasteiger partial charge is 0.232 e. The molecule has 5 nitrogen and oxygen atoms in total. The first kappa shape index (κ1) is 16.1. The molecule has 6 heteroatoms. The zero-order valence-electron chi connectivity index (χ0n) is 14.6. The highest BCUT2D eigenvalue weighted by Crippen LogP contribution is 2.65. The number of rotatable bonds is 5. The number of carbonyl (C=O) groups is 1. The fraction of sp³-hybridized carbons (Fsp3) is 0.368. The topological polar surface area (TPSA) is 67.0 Å². The van der Waals surface area contributed by atoms with E-state index in [1.54, 1.807) is 18.4 Å². The molecular formula is C19H21N3O2S. The number of thiophene rings is 1. The van der Waals surface area contributed by atoms with Gasteiger partial charge in [0, 0.05) is 10.9 Å². The van der Waals surface area contributed by atoms with E-state index in [1.165, 1.54) is 0 Å². The van der Waals surface area contributed by atoms with Crippen LogP contribution in [-0.4, -0.2) is 23.0 Å². The van der Waals surface area contributed by atoms with Gasteiger partial charge in [-0.2, -0.15) is 0 Å². The lowest BCUT2D eigenvalue weighted by atomic mass is 9.93. The molecule has 1 fully saturated rings. The van der Waals surface area contributed by atoms with Crippen LogP contribution in [0, 0.1) is 5.41 Å². The van der Waals surface area contributed by atoms with Gasteiger partial charge in [-0.25, -0.2) is 4.98 Å². The number of nitrogens with one attached hydrogen (secondary N) is 2. The summed E-state index contributed by atoms with van der Waals surface area (Å²) in [5.41, 5.74) is 1.35. The van der Waals surface area contributed by atoms with E-state index >= 15 is 0 Å². The molecule has 1 saturated carbocycles. The standard InChI is InChI=1S/C19H21N3O2S/c1-18(2)11-19(18,15-5-4-8-25-15)17(23)20-10-16-21-13-7-6-12(24-3)9-14(13)22-16/h4-9H,10-11H2,1-3H3,(H,20,23)(H,21,22)/t19-/m0/s1. The van der Waals surface area contributed by atoms with Gasteiger partial charge in [0.1, 0.15) is 11.6 Å². The van der Waals surface area contributed by atoms with Crippen LogP contribution < -0.4 is 10.1 Å². The Bertz CT molecular complexity index is 929. The average molecular weight is 355 g/mol. The quantitative estimate of drug-likeness (QED) is 0.735. The fourth-order valence-corrected chi connectivity index (χ4v) is 4.73. The molecule has 0 saturated heterocycles. The van der Waals surface area contributed by atoms with Crippen molar-refractivity contribution in [2.75, 3.05) is 7.11 Å². The summed E-state index contributed by atoms with van der Waals surface area (Å²) < 4.78 is 5.23. The van der Waals surface area contributed by atoms with Gasteiger partial charge in [-0.15, -0.1) is 11.3 Å². The van der Waals surface area contributed by atoms with Gasteiger partial charge >= 0.3 is 0 Å². The monoisotopic (exact) mass is 355 g/mol. The Morgan fingerprint density at radius 3 is 2.84 bits per heavy atom. The number of hydrogen-bond donors (Lipinski definition) is 2. The van der Waals surface area contributed by atoms with Gasteiger partial charge in [-0.1, -0.05) is 19.9 Å². The molecule has 1 aromatic carbocycles. The summed E-state index contributed by atoms with van der Waals surface area (Å²) in [6.07, 6.45) is 0.879. The van der Waals surface area contributed by atoms with Gasteiger partial charge in [0.15, 0.2) is 0 Å². The molecule has 130 valence electrons. The van der Waals surface area contributed by atoms with Crippen molar-refractivity contribution in [3.05, 3.63) is 46.4 Å². The number of hydrogen-bond acceptors (Lipinski definition) is 4. The predicted octanol–water partition coefficient (Wildman–Crippen LogP) is 3.62. The van der Waals surface area contributed by atoms with Crippen LogP contribution in [0.4, 0.5) is 0 Å². The number of aromatic nitrogens is 2. The van der Waals surface area contributed by atoms with Gasteiger partial charge in [0.25, 0.3) is 0 Å². The van der Waals surface area contributed by atoms with E-state index in [9.17, 15) is 4.79 Å². The fourth-order valence-electron chi connectivity index (χ4n) is 3.63. The predicted molar refractivity (Wildman–Crippen MR) is 98.9 cm³/mol. The van der Waals surface area contributed by atoms with Crippen LogP contribution in [-0.2, 0) is 16.8 Å². The van der Waals surface area contributed by atoms with Gasteiger partial charge in [-0.05, 0) is 35.4 Å². The zero-order chi connectivity index (χ0) is 17.7. The minimum absolute atomic E-state index is 0.0107. The molecule has 0 radical (unpaired) electrons. The Balaban J connectivity index is 1.52. The molecule has 2 aromatic heterocycles. The average Bonchev–Trinajstić information content (AvgIpc) is 3.01. The van der Waals surface area contributed by atoms with E-state index in [-0.39, 0.29) is 11.3 Å². The maximum Gasteiger partial charge on any atom is 0.232 e. The number of amides is 1. The van der Waals surface area contributed by atoms with Crippen molar-refractivity contribution in [2.45, 2.75) is 32.2 Å². The van der Waals surface area contributed by atoms with E-state index in [0.717, 1.165) is 33.9 Å². The molecular weight excluding hydrogens is 334 g/mol. The lowest BCUT2D eigenvalue weighted by Gasteiger charge is -2.18. The lowest BCUT2D eigenvalue weighted by molar-refractivity contribution is -0.124. The zero-order valence-corrected chi connectivity index (χ0v) is 15.4. The normalized spacial score (nSPS) is 21.2. The molecule has 25 heavy (non-hydrogen) atoms. The number of aromatic amines is 1. The number of nitrogens with zero attached hydrogens (tertiary/aromatic N) is 1. The van der Waals surface area contributed by atoms with Gasteiger partial charge in [0.2, 0.25) is 5.91 Å². The Morgan fingerprint density at radius 1 is 1.40 bits per heavy atom. The second-order valence-corrected chi connectivity index (χ2v) is 8.14. The van der Waals surface area contributed by atoms with Crippen molar-refractivity contribution in [2.24, 2.45) is 5.41 Å². The number of fused-ring (bicyclic) bond motifs is 1. The summed E-state index contributed by atoms with van der Waals surface area (Å²) in [4.78, 5) is 21.9. The van der Waals surface area contributed by atoms with E-state index in [1.807, 2.05) is 29.6 Å². The molecule has 0 unspecified atom stereocenters. The van der Waals surface area contributed by atoms with Crippen molar-refractivity contribution >= 4 is 28.3 Å². The van der Waals surface area contributed by atoms with Crippen molar-refractivity contribution in [1.82, 2.24) is 15.3 Å². The molecule has 2 N–H and O–H groups in total. The van der Waals surface area contributed by atoms with Crippen LogP contribution in [0.3, 0.4) is 0 Å². The van der Waals surface area contributed by atoms with E-state index < -0.39 is 5.41 Å². The van der Waals surface area contributed by atoms with Gasteiger partial charge in [-0.3, -0.25) is 4.79 Å². The largest absolute Gasteiger partial charge is 0.497 e. The Kier molecular flexibility index (Phi) is 3.61. The highest BCUT2D eigenvalue weighted by Gasteiger charge is 2.67. The molecule has 4 rings (SSSR count). The highest BCUT2D eigenvalue weighted by molar-refractivity contribution is 7.10. The second-order valence-electron chi connectivity index (χ2n) is 7.19. The number of carbonyl (C=O) groups excluding carboxylic acids is 1. The number of ether oxygens (including phenoxy) is 1. The van der Waals surface area contributed by atoms with Crippen LogP contribution in [0.15, 0.2) is 35.7 Å².